The number of hydrogen-bond donors (Lipinski definition) is 0. The van der Waals surface area contributed by atoms with Crippen molar-refractivity contribution in [2.24, 2.45) is 0 Å². The molecule has 2 aromatic rings. The highest BCUT2D eigenvalue weighted by Crippen LogP contribution is 2.37. The van der Waals surface area contributed by atoms with Crippen molar-refractivity contribution in [1.29, 1.82) is 0 Å². The summed E-state index contributed by atoms with van der Waals surface area (Å²) >= 11 is 0. The number of nitrogens with zero attached hydrogens (tertiary/aromatic N) is 1. The van der Waals surface area contributed by atoms with Crippen LogP contribution in [0.2, 0.25) is 0 Å². The molecule has 0 unspecified atom stereocenters. The summed E-state index contributed by atoms with van der Waals surface area (Å²) < 4.78 is 10.9. The Bertz CT molecular complexity index is 692. The largest absolute Gasteiger partial charge is 0.493 e. The fourth-order valence-electron chi connectivity index (χ4n) is 2.88. The van der Waals surface area contributed by atoms with Crippen LogP contribution >= 0.6 is 0 Å². The van der Waals surface area contributed by atoms with E-state index in [0.717, 1.165) is 24.5 Å². The van der Waals surface area contributed by atoms with Gasteiger partial charge in [0.2, 0.25) is 0 Å². The van der Waals surface area contributed by atoms with Gasteiger partial charge in [-0.25, -0.2) is 0 Å². The number of methoxy groups -OCH3 is 2. The first-order valence-electron chi connectivity index (χ1n) is 7.46. The average molecular weight is 295 g/mol. The lowest BCUT2D eigenvalue weighted by atomic mass is 9.94. The van der Waals surface area contributed by atoms with Crippen LogP contribution in [0.3, 0.4) is 0 Å². The minimum Gasteiger partial charge on any atom is -0.493 e. The van der Waals surface area contributed by atoms with Crippen molar-refractivity contribution in [2.75, 3.05) is 27.8 Å². The van der Waals surface area contributed by atoms with E-state index < -0.39 is 0 Å². The Hall–Kier alpha value is -2.42. The molecule has 1 aliphatic rings. The summed E-state index contributed by atoms with van der Waals surface area (Å²) in [5.41, 5.74) is 4.94. The summed E-state index contributed by atoms with van der Waals surface area (Å²) in [6, 6.07) is 14.6. The van der Waals surface area contributed by atoms with Crippen molar-refractivity contribution in [3.05, 3.63) is 59.2 Å². The second kappa shape index (κ2) is 6.14. The molecule has 0 saturated carbocycles. The standard InChI is InChI=1S/C19H21NO2/c1-20-10-9-15-12-18(21-2)19(22-3)13-16(15)17(20)11-14-7-5-4-6-8-14/h4-8,11-13H,9-10H2,1-3H3/b17-11+. The summed E-state index contributed by atoms with van der Waals surface area (Å²) in [4.78, 5) is 2.29. The van der Waals surface area contributed by atoms with Crippen LogP contribution in [-0.4, -0.2) is 32.7 Å². The number of likely N-dealkylation sites (N-methyl/N-ethyl adjacent to an activating group) is 1. The first-order chi connectivity index (χ1) is 10.7. The number of hydrogen-bond acceptors (Lipinski definition) is 3. The van der Waals surface area contributed by atoms with E-state index in [0.29, 0.717) is 0 Å². The Morgan fingerprint density at radius 2 is 1.68 bits per heavy atom. The molecule has 0 fully saturated rings. The number of fused-ring (bicyclic) bond motifs is 1. The first kappa shape index (κ1) is 14.5. The molecule has 1 aliphatic heterocycles. The normalized spacial score (nSPS) is 15.6. The molecule has 3 heteroatoms. The van der Waals surface area contributed by atoms with Crippen molar-refractivity contribution < 1.29 is 9.47 Å². The predicted octanol–water partition coefficient (Wildman–Crippen LogP) is 3.69. The van der Waals surface area contributed by atoms with E-state index >= 15 is 0 Å². The molecule has 0 aromatic heterocycles. The Morgan fingerprint density at radius 1 is 1.00 bits per heavy atom. The van der Waals surface area contributed by atoms with E-state index in [4.69, 9.17) is 9.47 Å². The molecule has 0 bridgehead atoms. The van der Waals surface area contributed by atoms with E-state index in [1.54, 1.807) is 14.2 Å². The van der Waals surface area contributed by atoms with Crippen molar-refractivity contribution in [1.82, 2.24) is 4.90 Å². The maximum Gasteiger partial charge on any atom is 0.161 e. The van der Waals surface area contributed by atoms with Crippen molar-refractivity contribution in [2.45, 2.75) is 6.42 Å². The van der Waals surface area contributed by atoms with Gasteiger partial charge in [-0.15, -0.1) is 0 Å². The van der Waals surface area contributed by atoms with Crippen LogP contribution in [0.15, 0.2) is 42.5 Å². The molecule has 0 radical (unpaired) electrons. The third-order valence-corrected chi connectivity index (χ3v) is 4.12. The van der Waals surface area contributed by atoms with Crippen LogP contribution < -0.4 is 9.47 Å². The summed E-state index contributed by atoms with van der Waals surface area (Å²) in [6.07, 6.45) is 3.24. The van der Waals surface area contributed by atoms with Crippen LogP contribution in [0.5, 0.6) is 11.5 Å². The predicted molar refractivity (Wildman–Crippen MR) is 90.2 cm³/mol. The molecule has 3 nitrogen and oxygen atoms in total. The van der Waals surface area contributed by atoms with Crippen molar-refractivity contribution >= 4 is 11.8 Å². The van der Waals surface area contributed by atoms with Gasteiger partial charge in [0.05, 0.1) is 14.2 Å². The van der Waals surface area contributed by atoms with Crippen LogP contribution in [0.25, 0.3) is 11.8 Å². The quantitative estimate of drug-likeness (QED) is 0.862. The van der Waals surface area contributed by atoms with E-state index in [9.17, 15) is 0 Å². The fraction of sp³-hybridized carbons (Fsp3) is 0.263. The Labute approximate surface area is 131 Å². The van der Waals surface area contributed by atoms with Gasteiger partial charge >= 0.3 is 0 Å². The topological polar surface area (TPSA) is 21.7 Å². The Morgan fingerprint density at radius 3 is 2.36 bits per heavy atom. The summed E-state index contributed by atoms with van der Waals surface area (Å²) in [6.45, 7) is 1.00. The zero-order valence-electron chi connectivity index (χ0n) is 13.3. The van der Waals surface area contributed by atoms with Crippen LogP contribution in [-0.2, 0) is 6.42 Å². The fourth-order valence-corrected chi connectivity index (χ4v) is 2.88. The number of ether oxygens (including phenoxy) is 2. The maximum atomic E-state index is 5.47. The minimum atomic E-state index is 0.774. The van der Waals surface area contributed by atoms with Gasteiger partial charge in [-0.3, -0.25) is 0 Å². The SMILES string of the molecule is COc1cc2c(cc1OC)/C(=C\c1ccccc1)N(C)CC2. The zero-order chi connectivity index (χ0) is 15.5. The third-order valence-electron chi connectivity index (χ3n) is 4.12. The molecule has 0 amide bonds. The molecule has 2 aromatic carbocycles. The highest BCUT2D eigenvalue weighted by atomic mass is 16.5. The van der Waals surface area contributed by atoms with Gasteiger partial charge in [0.15, 0.2) is 11.5 Å². The van der Waals surface area contributed by atoms with Crippen LogP contribution in [0, 0.1) is 0 Å². The molecule has 0 aliphatic carbocycles. The van der Waals surface area contributed by atoms with Gasteiger partial charge < -0.3 is 14.4 Å². The molecule has 0 spiro atoms. The van der Waals surface area contributed by atoms with Gasteiger partial charge in [-0.2, -0.15) is 0 Å². The maximum absolute atomic E-state index is 5.47. The summed E-state index contributed by atoms with van der Waals surface area (Å²) in [5.74, 6) is 1.57. The molecule has 0 atom stereocenters. The number of benzene rings is 2. The minimum absolute atomic E-state index is 0.774. The monoisotopic (exact) mass is 295 g/mol. The molecular formula is C19H21NO2. The number of rotatable bonds is 3. The van der Waals surface area contributed by atoms with Gasteiger partial charge in [-0.1, -0.05) is 30.3 Å². The molecule has 0 saturated heterocycles. The van der Waals surface area contributed by atoms with E-state index in [1.165, 1.54) is 22.4 Å². The van der Waals surface area contributed by atoms with Gasteiger partial charge in [0.25, 0.3) is 0 Å². The molecule has 0 N–H and O–H groups in total. The molecule has 22 heavy (non-hydrogen) atoms. The summed E-state index contributed by atoms with van der Waals surface area (Å²) in [5, 5.41) is 0. The third kappa shape index (κ3) is 2.67. The second-order valence-electron chi connectivity index (χ2n) is 5.48. The summed E-state index contributed by atoms with van der Waals surface area (Å²) in [7, 11) is 5.49. The second-order valence-corrected chi connectivity index (χ2v) is 5.48. The van der Waals surface area contributed by atoms with Gasteiger partial charge in [-0.05, 0) is 35.8 Å². The first-order valence-corrected chi connectivity index (χ1v) is 7.46. The lowest BCUT2D eigenvalue weighted by Crippen LogP contribution is -2.25. The van der Waals surface area contributed by atoms with Crippen LogP contribution in [0.4, 0.5) is 0 Å². The Balaban J connectivity index is 2.12. The van der Waals surface area contributed by atoms with Crippen LogP contribution in [0.1, 0.15) is 16.7 Å². The highest BCUT2D eigenvalue weighted by Gasteiger charge is 2.21. The zero-order valence-corrected chi connectivity index (χ0v) is 13.3. The molecule has 1 heterocycles. The van der Waals surface area contributed by atoms with Crippen molar-refractivity contribution in [3.8, 4) is 11.5 Å². The van der Waals surface area contributed by atoms with E-state index in [-0.39, 0.29) is 0 Å². The van der Waals surface area contributed by atoms with Crippen molar-refractivity contribution in [3.63, 3.8) is 0 Å². The highest BCUT2D eigenvalue weighted by molar-refractivity contribution is 5.83. The Kier molecular flexibility index (Phi) is 4.05. The smallest absolute Gasteiger partial charge is 0.161 e. The molecule has 114 valence electrons. The average Bonchev–Trinajstić information content (AvgIpc) is 2.57. The van der Waals surface area contributed by atoms with Gasteiger partial charge in [0, 0.05) is 24.9 Å². The van der Waals surface area contributed by atoms with E-state index in [1.807, 2.05) is 6.07 Å². The van der Waals surface area contributed by atoms with E-state index in [2.05, 4.69) is 54.4 Å². The lowest BCUT2D eigenvalue weighted by Gasteiger charge is -2.31. The lowest BCUT2D eigenvalue weighted by molar-refractivity contribution is 0.353. The van der Waals surface area contributed by atoms with Gasteiger partial charge in [0.1, 0.15) is 0 Å². The molecular weight excluding hydrogens is 274 g/mol. The molecule has 3 rings (SSSR count).